The molecule has 1 aliphatic rings. The molecule has 0 aliphatic carbocycles. The van der Waals surface area contributed by atoms with Crippen LogP contribution in [0.5, 0.6) is 11.5 Å². The summed E-state index contributed by atoms with van der Waals surface area (Å²) in [4.78, 5) is 14.7. The molecule has 2 aromatic rings. The lowest BCUT2D eigenvalue weighted by atomic mass is 9.96. The van der Waals surface area contributed by atoms with Crippen LogP contribution in [0.2, 0.25) is 0 Å². The number of amides is 2. The number of ether oxygens (including phenoxy) is 2. The van der Waals surface area contributed by atoms with E-state index in [-0.39, 0.29) is 6.03 Å². The van der Waals surface area contributed by atoms with Gasteiger partial charge in [0.1, 0.15) is 11.5 Å². The Morgan fingerprint density at radius 3 is 2.70 bits per heavy atom. The zero-order valence-corrected chi connectivity index (χ0v) is 16.7. The maximum Gasteiger partial charge on any atom is 0.319 e. The molecule has 6 nitrogen and oxygen atoms in total. The molecule has 146 valence electrons. The molecule has 27 heavy (non-hydrogen) atoms. The van der Waals surface area contributed by atoms with Crippen molar-refractivity contribution in [2.45, 2.75) is 19.4 Å². The van der Waals surface area contributed by atoms with E-state index >= 15 is 0 Å². The minimum absolute atomic E-state index is 0.209. The largest absolute Gasteiger partial charge is 0.497 e. The summed E-state index contributed by atoms with van der Waals surface area (Å²) in [6.45, 7) is 3.88. The van der Waals surface area contributed by atoms with Gasteiger partial charge in [-0.2, -0.15) is 11.3 Å². The quantitative estimate of drug-likeness (QED) is 0.756. The smallest absolute Gasteiger partial charge is 0.319 e. The molecule has 0 atom stereocenters. The summed E-state index contributed by atoms with van der Waals surface area (Å²) in [6, 6.07) is 7.30. The number of nitrogens with zero attached hydrogens (tertiary/aromatic N) is 1. The van der Waals surface area contributed by atoms with E-state index in [2.05, 4.69) is 32.4 Å². The molecule has 3 rings (SSSR count). The molecule has 1 fully saturated rings. The van der Waals surface area contributed by atoms with Crippen LogP contribution in [0.15, 0.2) is 35.0 Å². The highest BCUT2D eigenvalue weighted by Gasteiger charge is 2.20. The monoisotopic (exact) mass is 389 g/mol. The number of likely N-dealkylation sites (tertiary alicyclic amines) is 1. The number of hydrogen-bond acceptors (Lipinski definition) is 5. The highest BCUT2D eigenvalue weighted by Crippen LogP contribution is 2.29. The number of carbonyl (C=O) groups excluding carboxylic acids is 1. The molecular weight excluding hydrogens is 362 g/mol. The molecule has 0 radical (unpaired) electrons. The van der Waals surface area contributed by atoms with E-state index in [1.165, 1.54) is 5.56 Å². The van der Waals surface area contributed by atoms with E-state index in [4.69, 9.17) is 9.47 Å². The van der Waals surface area contributed by atoms with Gasteiger partial charge in [-0.15, -0.1) is 0 Å². The zero-order valence-electron chi connectivity index (χ0n) is 15.9. The second-order valence-electron chi connectivity index (χ2n) is 6.75. The molecule has 2 N–H and O–H groups in total. The minimum atomic E-state index is -0.209. The highest BCUT2D eigenvalue weighted by atomic mass is 32.1. The lowest BCUT2D eigenvalue weighted by Crippen LogP contribution is -2.39. The van der Waals surface area contributed by atoms with E-state index in [1.54, 1.807) is 43.8 Å². The third-order valence-corrected chi connectivity index (χ3v) is 5.63. The number of thiophene rings is 1. The van der Waals surface area contributed by atoms with Gasteiger partial charge in [-0.25, -0.2) is 4.79 Å². The molecule has 2 heterocycles. The van der Waals surface area contributed by atoms with Gasteiger partial charge in [-0.1, -0.05) is 0 Å². The molecule has 2 amide bonds. The first kappa shape index (κ1) is 19.5. The van der Waals surface area contributed by atoms with Crippen molar-refractivity contribution in [3.63, 3.8) is 0 Å². The van der Waals surface area contributed by atoms with Gasteiger partial charge in [0.05, 0.1) is 19.9 Å². The summed E-state index contributed by atoms with van der Waals surface area (Å²) < 4.78 is 10.5. The van der Waals surface area contributed by atoms with Gasteiger partial charge in [-0.05, 0) is 66.4 Å². The van der Waals surface area contributed by atoms with E-state index < -0.39 is 0 Å². The molecule has 0 unspecified atom stereocenters. The van der Waals surface area contributed by atoms with Crippen molar-refractivity contribution in [3.8, 4) is 11.5 Å². The maximum absolute atomic E-state index is 12.2. The molecular formula is C20H27N3O3S. The predicted molar refractivity (Wildman–Crippen MR) is 109 cm³/mol. The van der Waals surface area contributed by atoms with Crippen LogP contribution in [0.1, 0.15) is 18.4 Å². The van der Waals surface area contributed by atoms with Crippen LogP contribution >= 0.6 is 11.3 Å². The Hall–Kier alpha value is -2.25. The molecule has 1 saturated heterocycles. The maximum atomic E-state index is 12.2. The first-order valence-corrected chi connectivity index (χ1v) is 10.1. The fourth-order valence-electron chi connectivity index (χ4n) is 3.29. The standard InChI is InChI=1S/C20H27N3O3S/c1-25-17-3-4-18(19(11-17)26-2)22-20(24)21-12-15-5-8-23(9-6-15)13-16-7-10-27-14-16/h3-4,7,10-11,14-15H,5-6,8-9,12-13H2,1-2H3,(H2,21,22,24). The van der Waals surface area contributed by atoms with Crippen LogP contribution < -0.4 is 20.1 Å². The second kappa shape index (κ2) is 9.62. The summed E-state index contributed by atoms with van der Waals surface area (Å²) in [5, 5.41) is 10.2. The number of anilines is 1. The lowest BCUT2D eigenvalue weighted by Gasteiger charge is -2.31. The summed E-state index contributed by atoms with van der Waals surface area (Å²) in [5.41, 5.74) is 2.02. The Bertz CT molecular complexity index is 728. The molecule has 0 spiro atoms. The SMILES string of the molecule is COc1ccc(NC(=O)NCC2CCN(Cc3ccsc3)CC2)c(OC)c1. The number of rotatable bonds is 7. The van der Waals surface area contributed by atoms with E-state index in [9.17, 15) is 4.79 Å². The third kappa shape index (κ3) is 5.61. The first-order chi connectivity index (χ1) is 13.2. The minimum Gasteiger partial charge on any atom is -0.497 e. The Morgan fingerprint density at radius 2 is 2.04 bits per heavy atom. The molecule has 1 aliphatic heterocycles. The normalized spacial score (nSPS) is 15.3. The van der Waals surface area contributed by atoms with Crippen molar-refractivity contribution in [1.82, 2.24) is 10.2 Å². The van der Waals surface area contributed by atoms with E-state index in [0.717, 1.165) is 32.5 Å². The fourth-order valence-corrected chi connectivity index (χ4v) is 3.95. The number of piperidine rings is 1. The Balaban J connectivity index is 1.41. The van der Waals surface area contributed by atoms with Crippen molar-refractivity contribution in [1.29, 1.82) is 0 Å². The van der Waals surface area contributed by atoms with Gasteiger partial charge in [-0.3, -0.25) is 4.90 Å². The van der Waals surface area contributed by atoms with Gasteiger partial charge in [0.2, 0.25) is 0 Å². The molecule has 7 heteroatoms. The number of methoxy groups -OCH3 is 2. The van der Waals surface area contributed by atoms with Crippen LogP contribution in [0.3, 0.4) is 0 Å². The van der Waals surface area contributed by atoms with Gasteiger partial charge in [0.25, 0.3) is 0 Å². The average Bonchev–Trinajstić information content (AvgIpc) is 3.21. The van der Waals surface area contributed by atoms with Gasteiger partial charge in [0, 0.05) is 19.2 Å². The second-order valence-corrected chi connectivity index (χ2v) is 7.53. The Labute approximate surface area is 164 Å². The Kier molecular flexibility index (Phi) is 6.95. The predicted octanol–water partition coefficient (Wildman–Crippen LogP) is 3.80. The number of hydrogen-bond donors (Lipinski definition) is 2. The summed E-state index contributed by atoms with van der Waals surface area (Å²) >= 11 is 1.75. The Morgan fingerprint density at radius 1 is 1.22 bits per heavy atom. The van der Waals surface area contributed by atoms with Crippen LogP contribution in [0.4, 0.5) is 10.5 Å². The summed E-state index contributed by atoms with van der Waals surface area (Å²) in [7, 11) is 3.17. The van der Waals surface area contributed by atoms with Crippen molar-refractivity contribution >= 4 is 23.1 Å². The molecule has 0 saturated carbocycles. The first-order valence-electron chi connectivity index (χ1n) is 9.18. The van der Waals surface area contributed by atoms with E-state index in [1.807, 2.05) is 0 Å². The average molecular weight is 390 g/mol. The van der Waals surface area contributed by atoms with Crippen LogP contribution in [0.25, 0.3) is 0 Å². The molecule has 0 bridgehead atoms. The number of nitrogens with one attached hydrogen (secondary N) is 2. The highest BCUT2D eigenvalue weighted by molar-refractivity contribution is 7.07. The third-order valence-electron chi connectivity index (χ3n) is 4.90. The zero-order chi connectivity index (χ0) is 19.1. The van der Waals surface area contributed by atoms with Gasteiger partial charge < -0.3 is 20.1 Å². The van der Waals surface area contributed by atoms with Crippen molar-refractivity contribution in [2.75, 3.05) is 39.2 Å². The van der Waals surface area contributed by atoms with Crippen molar-refractivity contribution < 1.29 is 14.3 Å². The van der Waals surface area contributed by atoms with Crippen LogP contribution in [-0.2, 0) is 6.54 Å². The summed E-state index contributed by atoms with van der Waals surface area (Å²) in [5.74, 6) is 1.78. The number of carbonyl (C=O) groups is 1. The fraction of sp³-hybridized carbons (Fsp3) is 0.450. The van der Waals surface area contributed by atoms with Crippen LogP contribution in [0, 0.1) is 5.92 Å². The number of urea groups is 1. The summed E-state index contributed by atoms with van der Waals surface area (Å²) in [6.07, 6.45) is 2.21. The lowest BCUT2D eigenvalue weighted by molar-refractivity contribution is 0.176. The van der Waals surface area contributed by atoms with Crippen LogP contribution in [-0.4, -0.2) is 44.8 Å². The topological polar surface area (TPSA) is 62.8 Å². The van der Waals surface area contributed by atoms with Crippen molar-refractivity contribution in [2.24, 2.45) is 5.92 Å². The molecule has 1 aromatic carbocycles. The van der Waals surface area contributed by atoms with E-state index in [0.29, 0.717) is 29.6 Å². The van der Waals surface area contributed by atoms with Gasteiger partial charge >= 0.3 is 6.03 Å². The number of benzene rings is 1. The molecule has 1 aromatic heterocycles. The van der Waals surface area contributed by atoms with Crippen molar-refractivity contribution in [3.05, 3.63) is 40.6 Å². The van der Waals surface area contributed by atoms with Gasteiger partial charge in [0.15, 0.2) is 0 Å².